The summed E-state index contributed by atoms with van der Waals surface area (Å²) in [6.45, 7) is 0.462. The van der Waals surface area contributed by atoms with Gasteiger partial charge in [0.15, 0.2) is 5.65 Å². The van der Waals surface area contributed by atoms with Crippen LogP contribution in [0.2, 0.25) is 0 Å². The van der Waals surface area contributed by atoms with E-state index in [4.69, 9.17) is 0 Å². The fourth-order valence-electron chi connectivity index (χ4n) is 3.59. The van der Waals surface area contributed by atoms with Gasteiger partial charge in [-0.05, 0) is 30.9 Å². The molecule has 1 aliphatic rings. The molecule has 0 atom stereocenters. The van der Waals surface area contributed by atoms with Crippen LogP contribution in [0, 0.1) is 0 Å². The lowest BCUT2D eigenvalue weighted by molar-refractivity contribution is 0.657. The summed E-state index contributed by atoms with van der Waals surface area (Å²) in [4.78, 5) is 34.7. The van der Waals surface area contributed by atoms with E-state index in [9.17, 15) is 9.59 Å². The van der Waals surface area contributed by atoms with Crippen molar-refractivity contribution < 1.29 is 0 Å². The molecule has 1 fully saturated rings. The SMILES string of the molecule is O=c1[nH]c(=O)n(CCc2ccccc2Br)c2nc(C3CCCC3)[nH]c12. The number of rotatable bonds is 4. The number of imidazole rings is 1. The summed E-state index contributed by atoms with van der Waals surface area (Å²) in [6, 6.07) is 7.93. The Morgan fingerprint density at radius 3 is 2.68 bits per heavy atom. The average Bonchev–Trinajstić information content (AvgIpc) is 3.25. The van der Waals surface area contributed by atoms with Crippen LogP contribution >= 0.6 is 15.9 Å². The Hall–Kier alpha value is -2.15. The summed E-state index contributed by atoms with van der Waals surface area (Å²) in [7, 11) is 0. The zero-order valence-electron chi connectivity index (χ0n) is 13.7. The normalized spacial score (nSPS) is 15.2. The third kappa shape index (κ3) is 3.08. The summed E-state index contributed by atoms with van der Waals surface area (Å²) in [5, 5.41) is 0. The van der Waals surface area contributed by atoms with Crippen molar-refractivity contribution in [2.45, 2.75) is 44.6 Å². The molecule has 0 unspecified atom stereocenters. The number of benzene rings is 1. The maximum absolute atomic E-state index is 12.3. The molecule has 6 nitrogen and oxygen atoms in total. The van der Waals surface area contributed by atoms with E-state index in [1.54, 1.807) is 4.57 Å². The van der Waals surface area contributed by atoms with Crippen LogP contribution in [-0.4, -0.2) is 19.5 Å². The van der Waals surface area contributed by atoms with Gasteiger partial charge in [-0.25, -0.2) is 9.78 Å². The zero-order chi connectivity index (χ0) is 17.4. The second-order valence-corrected chi connectivity index (χ2v) is 7.41. The number of halogens is 1. The Bertz CT molecular complexity index is 1030. The maximum atomic E-state index is 12.3. The smallest absolute Gasteiger partial charge is 0.330 e. The summed E-state index contributed by atoms with van der Waals surface area (Å²) >= 11 is 3.53. The number of hydrogen-bond acceptors (Lipinski definition) is 3. The number of hydrogen-bond donors (Lipinski definition) is 2. The van der Waals surface area contributed by atoms with Crippen molar-refractivity contribution >= 4 is 27.1 Å². The van der Waals surface area contributed by atoms with Crippen LogP contribution in [0.1, 0.15) is 43.0 Å². The highest BCUT2D eigenvalue weighted by Gasteiger charge is 2.22. The van der Waals surface area contributed by atoms with E-state index in [0.29, 0.717) is 30.0 Å². The van der Waals surface area contributed by atoms with Crippen molar-refractivity contribution in [1.82, 2.24) is 19.5 Å². The van der Waals surface area contributed by atoms with Gasteiger partial charge in [0.1, 0.15) is 11.3 Å². The van der Waals surface area contributed by atoms with Gasteiger partial charge in [0.2, 0.25) is 0 Å². The number of aromatic nitrogens is 4. The van der Waals surface area contributed by atoms with Crippen molar-refractivity contribution in [3.63, 3.8) is 0 Å². The molecule has 1 aromatic carbocycles. The van der Waals surface area contributed by atoms with E-state index in [-0.39, 0.29) is 0 Å². The first-order valence-corrected chi connectivity index (χ1v) is 9.39. The van der Waals surface area contributed by atoms with E-state index >= 15 is 0 Å². The Labute approximate surface area is 152 Å². The molecule has 0 saturated heterocycles. The molecule has 130 valence electrons. The molecule has 1 saturated carbocycles. The molecule has 0 radical (unpaired) electrons. The lowest BCUT2D eigenvalue weighted by Gasteiger charge is -2.07. The van der Waals surface area contributed by atoms with Crippen molar-refractivity contribution in [3.05, 3.63) is 61.0 Å². The predicted molar refractivity (Wildman–Crippen MR) is 100 cm³/mol. The van der Waals surface area contributed by atoms with Crippen LogP contribution in [0.15, 0.2) is 38.3 Å². The molecule has 2 N–H and O–H groups in total. The van der Waals surface area contributed by atoms with Crippen LogP contribution in [0.3, 0.4) is 0 Å². The van der Waals surface area contributed by atoms with Crippen LogP contribution in [0.5, 0.6) is 0 Å². The maximum Gasteiger partial charge on any atom is 0.330 e. The zero-order valence-corrected chi connectivity index (χ0v) is 15.3. The standard InChI is InChI=1S/C18H19BrN4O2/c19-13-8-4-3-5-11(13)9-10-23-16-14(17(24)22-18(23)25)20-15(21-16)12-6-1-2-7-12/h3-5,8,12H,1-2,6-7,9-10H2,(H,20,21)(H,22,24,25). The Balaban J connectivity index is 1.73. The largest absolute Gasteiger partial charge is 0.336 e. The third-order valence-electron chi connectivity index (χ3n) is 4.96. The number of H-pyrrole nitrogens is 2. The molecule has 2 heterocycles. The first-order chi connectivity index (χ1) is 12.1. The molecule has 0 spiro atoms. The van der Waals surface area contributed by atoms with E-state index < -0.39 is 11.2 Å². The summed E-state index contributed by atoms with van der Waals surface area (Å²) in [6.07, 6.45) is 5.21. The van der Waals surface area contributed by atoms with Crippen molar-refractivity contribution in [2.75, 3.05) is 0 Å². The second-order valence-electron chi connectivity index (χ2n) is 6.55. The average molecular weight is 403 g/mol. The number of nitrogens with one attached hydrogen (secondary N) is 2. The Morgan fingerprint density at radius 1 is 1.16 bits per heavy atom. The highest BCUT2D eigenvalue weighted by molar-refractivity contribution is 9.10. The van der Waals surface area contributed by atoms with Gasteiger partial charge in [-0.2, -0.15) is 0 Å². The van der Waals surface area contributed by atoms with Crippen molar-refractivity contribution in [1.29, 1.82) is 0 Å². The first kappa shape index (κ1) is 16.3. The van der Waals surface area contributed by atoms with E-state index in [0.717, 1.165) is 28.7 Å². The molecule has 0 aliphatic heterocycles. The van der Waals surface area contributed by atoms with Gasteiger partial charge < -0.3 is 4.98 Å². The van der Waals surface area contributed by atoms with Crippen LogP contribution in [0.25, 0.3) is 11.2 Å². The van der Waals surface area contributed by atoms with Gasteiger partial charge in [0.05, 0.1) is 0 Å². The number of aryl methyl sites for hydroxylation is 2. The number of nitrogens with zero attached hydrogens (tertiary/aromatic N) is 2. The van der Waals surface area contributed by atoms with Gasteiger partial charge in [-0.15, -0.1) is 0 Å². The van der Waals surface area contributed by atoms with Crippen molar-refractivity contribution in [2.24, 2.45) is 0 Å². The number of fused-ring (bicyclic) bond motifs is 1. The molecule has 3 aromatic rings. The predicted octanol–water partition coefficient (Wildman–Crippen LogP) is 3.08. The minimum Gasteiger partial charge on any atom is -0.336 e. The van der Waals surface area contributed by atoms with Crippen LogP contribution in [-0.2, 0) is 13.0 Å². The first-order valence-electron chi connectivity index (χ1n) is 8.59. The lowest BCUT2D eigenvalue weighted by Crippen LogP contribution is -2.31. The van der Waals surface area contributed by atoms with E-state index in [1.165, 1.54) is 12.8 Å². The molecule has 4 rings (SSSR count). The second kappa shape index (κ2) is 6.63. The monoisotopic (exact) mass is 402 g/mol. The summed E-state index contributed by atoms with van der Waals surface area (Å²) in [5.74, 6) is 1.19. The Morgan fingerprint density at radius 2 is 1.92 bits per heavy atom. The van der Waals surface area contributed by atoms with Gasteiger partial charge in [-0.3, -0.25) is 14.3 Å². The summed E-state index contributed by atoms with van der Waals surface area (Å²) in [5.41, 5.74) is 1.17. The van der Waals surface area contributed by atoms with Gasteiger partial charge in [0, 0.05) is 16.9 Å². The highest BCUT2D eigenvalue weighted by Crippen LogP contribution is 2.32. The highest BCUT2D eigenvalue weighted by atomic mass is 79.9. The lowest BCUT2D eigenvalue weighted by atomic mass is 10.1. The third-order valence-corrected chi connectivity index (χ3v) is 5.73. The van der Waals surface area contributed by atoms with Gasteiger partial charge in [-0.1, -0.05) is 47.0 Å². The molecule has 2 aromatic heterocycles. The fourth-order valence-corrected chi connectivity index (χ4v) is 4.08. The number of aromatic amines is 2. The molecular weight excluding hydrogens is 384 g/mol. The molecule has 7 heteroatoms. The van der Waals surface area contributed by atoms with Crippen LogP contribution < -0.4 is 11.2 Å². The van der Waals surface area contributed by atoms with E-state index in [1.807, 2.05) is 24.3 Å². The van der Waals surface area contributed by atoms with Crippen LogP contribution in [0.4, 0.5) is 0 Å². The molecule has 1 aliphatic carbocycles. The molecule has 0 bridgehead atoms. The van der Waals surface area contributed by atoms with E-state index in [2.05, 4.69) is 30.9 Å². The molecular formula is C18H19BrN4O2. The minimum atomic E-state index is -0.408. The molecule has 25 heavy (non-hydrogen) atoms. The van der Waals surface area contributed by atoms with Crippen molar-refractivity contribution in [3.8, 4) is 0 Å². The fraction of sp³-hybridized carbons (Fsp3) is 0.389. The summed E-state index contributed by atoms with van der Waals surface area (Å²) < 4.78 is 2.57. The molecule has 0 amide bonds. The topological polar surface area (TPSA) is 83.5 Å². The van der Waals surface area contributed by atoms with Gasteiger partial charge in [0.25, 0.3) is 5.56 Å². The Kier molecular flexibility index (Phi) is 4.33. The quantitative estimate of drug-likeness (QED) is 0.702. The van der Waals surface area contributed by atoms with Gasteiger partial charge >= 0.3 is 5.69 Å². The minimum absolute atomic E-state index is 0.360.